The Bertz CT molecular complexity index is 681. The molecule has 4 nitrogen and oxygen atoms in total. The molecule has 1 aliphatic rings. The zero-order valence-corrected chi connectivity index (χ0v) is 13.5. The van der Waals surface area contributed by atoms with Gasteiger partial charge in [-0.1, -0.05) is 18.2 Å². The van der Waals surface area contributed by atoms with Crippen molar-refractivity contribution in [2.24, 2.45) is 0 Å². The van der Waals surface area contributed by atoms with E-state index in [1.54, 1.807) is 20.3 Å². The summed E-state index contributed by atoms with van der Waals surface area (Å²) in [6.07, 6.45) is 0.988. The molecule has 4 heteroatoms. The summed E-state index contributed by atoms with van der Waals surface area (Å²) in [5.41, 5.74) is 1.94. The molecule has 0 radical (unpaired) electrons. The van der Waals surface area contributed by atoms with Crippen LogP contribution in [0.5, 0.6) is 11.5 Å². The number of methoxy groups -OCH3 is 2. The summed E-state index contributed by atoms with van der Waals surface area (Å²) in [6, 6.07) is 15.5. The van der Waals surface area contributed by atoms with Crippen molar-refractivity contribution in [3.8, 4) is 11.5 Å². The predicted molar refractivity (Wildman–Crippen MR) is 89.2 cm³/mol. The van der Waals surface area contributed by atoms with Crippen LogP contribution in [0.25, 0.3) is 0 Å². The molecule has 0 saturated carbocycles. The molecule has 1 amide bonds. The standard InChI is InChI=1S/C19H21NO3/c1-22-17-8-6-14(7-9-17)16-10-11-20(13-16)19(21)15-4-3-5-18(12-15)23-2/h3-9,12,16H,10-11,13H2,1-2H3/t16-/m0/s1. The van der Waals surface area contributed by atoms with Gasteiger partial charge in [-0.2, -0.15) is 0 Å². The molecule has 2 aromatic rings. The first-order chi connectivity index (χ1) is 11.2. The number of amides is 1. The Morgan fingerprint density at radius 3 is 2.48 bits per heavy atom. The van der Waals surface area contributed by atoms with E-state index in [9.17, 15) is 4.79 Å². The molecule has 1 aliphatic heterocycles. The highest BCUT2D eigenvalue weighted by atomic mass is 16.5. The van der Waals surface area contributed by atoms with E-state index in [-0.39, 0.29) is 5.91 Å². The Balaban J connectivity index is 1.69. The zero-order valence-electron chi connectivity index (χ0n) is 13.5. The number of hydrogen-bond acceptors (Lipinski definition) is 3. The third-order valence-electron chi connectivity index (χ3n) is 4.38. The number of carbonyl (C=O) groups excluding carboxylic acids is 1. The van der Waals surface area contributed by atoms with Gasteiger partial charge in [0, 0.05) is 24.6 Å². The van der Waals surface area contributed by atoms with Crippen LogP contribution in [0.3, 0.4) is 0 Å². The Morgan fingerprint density at radius 2 is 1.78 bits per heavy atom. The minimum absolute atomic E-state index is 0.0694. The summed E-state index contributed by atoms with van der Waals surface area (Å²) >= 11 is 0. The molecule has 120 valence electrons. The highest BCUT2D eigenvalue weighted by Gasteiger charge is 2.28. The molecule has 1 heterocycles. The number of ether oxygens (including phenoxy) is 2. The summed E-state index contributed by atoms with van der Waals surface area (Å²) in [7, 11) is 3.28. The van der Waals surface area contributed by atoms with Crippen LogP contribution in [0.1, 0.15) is 28.3 Å². The van der Waals surface area contributed by atoms with Crippen molar-refractivity contribution >= 4 is 5.91 Å². The molecule has 1 atom stereocenters. The molecular weight excluding hydrogens is 290 g/mol. The Morgan fingerprint density at radius 1 is 1.04 bits per heavy atom. The second-order valence-electron chi connectivity index (χ2n) is 5.74. The molecule has 23 heavy (non-hydrogen) atoms. The summed E-state index contributed by atoms with van der Waals surface area (Å²) in [6.45, 7) is 1.54. The van der Waals surface area contributed by atoms with E-state index >= 15 is 0 Å². The second-order valence-corrected chi connectivity index (χ2v) is 5.74. The van der Waals surface area contributed by atoms with Crippen LogP contribution in [0, 0.1) is 0 Å². The average molecular weight is 311 g/mol. The first-order valence-electron chi connectivity index (χ1n) is 7.78. The minimum atomic E-state index is 0.0694. The number of rotatable bonds is 4. The van der Waals surface area contributed by atoms with Crippen molar-refractivity contribution in [2.75, 3.05) is 27.3 Å². The van der Waals surface area contributed by atoms with Gasteiger partial charge in [-0.3, -0.25) is 4.79 Å². The first-order valence-corrected chi connectivity index (χ1v) is 7.78. The second kappa shape index (κ2) is 6.73. The van der Waals surface area contributed by atoms with E-state index in [4.69, 9.17) is 9.47 Å². The lowest BCUT2D eigenvalue weighted by molar-refractivity contribution is 0.0790. The van der Waals surface area contributed by atoms with Crippen LogP contribution in [-0.4, -0.2) is 38.1 Å². The monoisotopic (exact) mass is 311 g/mol. The highest BCUT2D eigenvalue weighted by molar-refractivity contribution is 5.94. The smallest absolute Gasteiger partial charge is 0.254 e. The van der Waals surface area contributed by atoms with Gasteiger partial charge in [0.25, 0.3) is 5.91 Å². The lowest BCUT2D eigenvalue weighted by atomic mass is 9.98. The SMILES string of the molecule is COc1ccc([C@H]2CCN(C(=O)c3cccc(OC)c3)C2)cc1. The fraction of sp³-hybridized carbons (Fsp3) is 0.316. The molecule has 2 aromatic carbocycles. The van der Waals surface area contributed by atoms with Crippen molar-refractivity contribution in [1.82, 2.24) is 4.90 Å². The Hall–Kier alpha value is -2.49. The van der Waals surface area contributed by atoms with Gasteiger partial charge >= 0.3 is 0 Å². The number of carbonyl (C=O) groups is 1. The molecule has 0 aromatic heterocycles. The van der Waals surface area contributed by atoms with E-state index in [2.05, 4.69) is 12.1 Å². The maximum Gasteiger partial charge on any atom is 0.254 e. The summed E-state index contributed by atoms with van der Waals surface area (Å²) < 4.78 is 10.4. The topological polar surface area (TPSA) is 38.8 Å². The molecule has 0 N–H and O–H groups in total. The molecule has 0 aliphatic carbocycles. The fourth-order valence-corrected chi connectivity index (χ4v) is 3.03. The maximum atomic E-state index is 12.6. The fourth-order valence-electron chi connectivity index (χ4n) is 3.03. The quantitative estimate of drug-likeness (QED) is 0.869. The maximum absolute atomic E-state index is 12.6. The molecule has 0 unspecified atom stereocenters. The molecular formula is C19H21NO3. The normalized spacial score (nSPS) is 17.1. The van der Waals surface area contributed by atoms with E-state index in [0.29, 0.717) is 17.2 Å². The van der Waals surface area contributed by atoms with Gasteiger partial charge in [-0.25, -0.2) is 0 Å². The number of hydrogen-bond donors (Lipinski definition) is 0. The number of nitrogens with zero attached hydrogens (tertiary/aromatic N) is 1. The highest BCUT2D eigenvalue weighted by Crippen LogP contribution is 2.29. The van der Waals surface area contributed by atoms with Crippen LogP contribution in [0.15, 0.2) is 48.5 Å². The van der Waals surface area contributed by atoms with E-state index in [1.807, 2.05) is 35.2 Å². The van der Waals surface area contributed by atoms with Gasteiger partial charge < -0.3 is 14.4 Å². The number of likely N-dealkylation sites (tertiary alicyclic amines) is 1. The predicted octanol–water partition coefficient (Wildman–Crippen LogP) is 3.33. The van der Waals surface area contributed by atoms with E-state index in [0.717, 1.165) is 25.3 Å². The lowest BCUT2D eigenvalue weighted by Gasteiger charge is -2.17. The minimum Gasteiger partial charge on any atom is -0.497 e. The van der Waals surface area contributed by atoms with Crippen molar-refractivity contribution in [3.63, 3.8) is 0 Å². The van der Waals surface area contributed by atoms with Gasteiger partial charge in [0.05, 0.1) is 14.2 Å². The van der Waals surface area contributed by atoms with E-state index < -0.39 is 0 Å². The van der Waals surface area contributed by atoms with Crippen LogP contribution < -0.4 is 9.47 Å². The van der Waals surface area contributed by atoms with Crippen molar-refractivity contribution in [3.05, 3.63) is 59.7 Å². The van der Waals surface area contributed by atoms with Gasteiger partial charge in [0.15, 0.2) is 0 Å². The molecule has 0 bridgehead atoms. The molecule has 1 saturated heterocycles. The van der Waals surface area contributed by atoms with E-state index in [1.165, 1.54) is 5.56 Å². The third-order valence-corrected chi connectivity index (χ3v) is 4.38. The summed E-state index contributed by atoms with van der Waals surface area (Å²) in [5, 5.41) is 0. The van der Waals surface area contributed by atoms with Crippen molar-refractivity contribution < 1.29 is 14.3 Å². The van der Waals surface area contributed by atoms with Gasteiger partial charge in [0.2, 0.25) is 0 Å². The van der Waals surface area contributed by atoms with Crippen LogP contribution >= 0.6 is 0 Å². The van der Waals surface area contributed by atoms with Crippen molar-refractivity contribution in [2.45, 2.75) is 12.3 Å². The van der Waals surface area contributed by atoms with Crippen LogP contribution in [0.2, 0.25) is 0 Å². The Kier molecular flexibility index (Phi) is 4.51. The third kappa shape index (κ3) is 3.31. The largest absolute Gasteiger partial charge is 0.497 e. The molecule has 1 fully saturated rings. The van der Waals surface area contributed by atoms with Gasteiger partial charge in [-0.05, 0) is 42.3 Å². The lowest BCUT2D eigenvalue weighted by Crippen LogP contribution is -2.28. The summed E-state index contributed by atoms with van der Waals surface area (Å²) in [4.78, 5) is 14.6. The van der Waals surface area contributed by atoms with Crippen LogP contribution in [0.4, 0.5) is 0 Å². The molecule has 0 spiro atoms. The summed E-state index contributed by atoms with van der Waals surface area (Å²) in [5.74, 6) is 2.02. The Labute approximate surface area is 136 Å². The molecule has 3 rings (SSSR count). The van der Waals surface area contributed by atoms with Gasteiger partial charge in [0.1, 0.15) is 11.5 Å². The number of benzene rings is 2. The van der Waals surface area contributed by atoms with Gasteiger partial charge in [-0.15, -0.1) is 0 Å². The first kappa shape index (κ1) is 15.4. The zero-order chi connectivity index (χ0) is 16.2. The van der Waals surface area contributed by atoms with Crippen molar-refractivity contribution in [1.29, 1.82) is 0 Å². The average Bonchev–Trinajstić information content (AvgIpc) is 3.11. The van der Waals surface area contributed by atoms with Crippen LogP contribution in [-0.2, 0) is 0 Å².